The minimum Gasteiger partial charge on any atom is -0.355 e. The van der Waals surface area contributed by atoms with E-state index in [0.717, 1.165) is 12.1 Å². The van der Waals surface area contributed by atoms with E-state index in [4.69, 9.17) is 17.3 Å². The minimum absolute atomic E-state index is 0.0766. The summed E-state index contributed by atoms with van der Waals surface area (Å²) in [6.07, 6.45) is -4.35. The summed E-state index contributed by atoms with van der Waals surface area (Å²) in [4.78, 5) is 25.9. The predicted octanol–water partition coefficient (Wildman–Crippen LogP) is 2.04. The zero-order chi connectivity index (χ0) is 18.1. The fourth-order valence-electron chi connectivity index (χ4n) is 2.65. The van der Waals surface area contributed by atoms with Crippen LogP contribution < -0.4 is 11.1 Å². The van der Waals surface area contributed by atoms with Crippen LogP contribution in [0.25, 0.3) is 0 Å². The number of nitrogens with two attached hydrogens (primary N) is 1. The van der Waals surface area contributed by atoms with Crippen molar-refractivity contribution in [3.63, 3.8) is 0 Å². The lowest BCUT2D eigenvalue weighted by Crippen LogP contribution is -2.46. The van der Waals surface area contributed by atoms with Gasteiger partial charge in [0.05, 0.1) is 16.1 Å². The maximum Gasteiger partial charge on any atom is 0.416 e. The van der Waals surface area contributed by atoms with Crippen molar-refractivity contribution in [3.05, 3.63) is 34.3 Å². The normalized spacial score (nSPS) is 21.0. The highest BCUT2D eigenvalue weighted by Crippen LogP contribution is 2.33. The highest BCUT2D eigenvalue weighted by Gasteiger charge is 2.39. The van der Waals surface area contributed by atoms with E-state index in [2.05, 4.69) is 5.32 Å². The van der Waals surface area contributed by atoms with Gasteiger partial charge in [-0.15, -0.1) is 0 Å². The molecule has 1 aromatic rings. The van der Waals surface area contributed by atoms with Crippen molar-refractivity contribution >= 4 is 23.4 Å². The van der Waals surface area contributed by atoms with Gasteiger partial charge < -0.3 is 16.0 Å². The molecule has 0 spiro atoms. The van der Waals surface area contributed by atoms with E-state index in [1.807, 2.05) is 0 Å². The van der Waals surface area contributed by atoms with Gasteiger partial charge in [0.1, 0.15) is 6.04 Å². The molecular weight excluding hydrogens is 347 g/mol. The van der Waals surface area contributed by atoms with E-state index >= 15 is 0 Å². The molecule has 0 aromatic heterocycles. The monoisotopic (exact) mass is 363 g/mol. The molecule has 0 aliphatic carbocycles. The molecule has 132 valence electrons. The Balaban J connectivity index is 2.34. The molecule has 0 unspecified atom stereocenters. The molecule has 5 nitrogen and oxygen atoms in total. The zero-order valence-corrected chi connectivity index (χ0v) is 13.6. The Morgan fingerprint density at radius 1 is 1.42 bits per heavy atom. The SMILES string of the molecule is CCNC(=O)[C@@H]1C[C@H](N)CN1C(=O)c1cc(C(F)(F)F)ccc1Cl. The van der Waals surface area contributed by atoms with Crippen molar-refractivity contribution in [3.8, 4) is 0 Å². The minimum atomic E-state index is -4.60. The van der Waals surface area contributed by atoms with Crippen LogP contribution >= 0.6 is 11.6 Å². The Bertz CT molecular complexity index is 651. The summed E-state index contributed by atoms with van der Waals surface area (Å²) in [7, 11) is 0. The highest BCUT2D eigenvalue weighted by atomic mass is 35.5. The van der Waals surface area contributed by atoms with Crippen LogP contribution in [0.1, 0.15) is 29.3 Å². The molecule has 1 aliphatic heterocycles. The third kappa shape index (κ3) is 3.81. The predicted molar refractivity (Wildman–Crippen MR) is 82.6 cm³/mol. The number of nitrogens with zero attached hydrogens (tertiary/aromatic N) is 1. The van der Waals surface area contributed by atoms with Crippen molar-refractivity contribution in [2.45, 2.75) is 31.6 Å². The third-order valence-electron chi connectivity index (χ3n) is 3.77. The lowest BCUT2D eigenvalue weighted by atomic mass is 10.1. The van der Waals surface area contributed by atoms with Crippen LogP contribution in [0.2, 0.25) is 5.02 Å². The average Bonchev–Trinajstić information content (AvgIpc) is 2.88. The molecular formula is C15H17ClF3N3O2. The molecule has 1 saturated heterocycles. The molecule has 0 radical (unpaired) electrons. The van der Waals surface area contributed by atoms with Crippen molar-refractivity contribution in [2.24, 2.45) is 5.73 Å². The summed E-state index contributed by atoms with van der Waals surface area (Å²) in [6.45, 7) is 2.17. The van der Waals surface area contributed by atoms with Crippen LogP contribution in [0.4, 0.5) is 13.2 Å². The quantitative estimate of drug-likeness (QED) is 0.863. The van der Waals surface area contributed by atoms with Crippen LogP contribution in [-0.4, -0.2) is 41.9 Å². The summed E-state index contributed by atoms with van der Waals surface area (Å²) in [5.74, 6) is -1.13. The number of likely N-dealkylation sites (tertiary alicyclic amines) is 1. The number of rotatable bonds is 3. The number of halogens is 4. The number of carbonyl (C=O) groups is 2. The van der Waals surface area contributed by atoms with Crippen LogP contribution in [0.5, 0.6) is 0 Å². The van der Waals surface area contributed by atoms with Gasteiger partial charge in [-0.05, 0) is 31.5 Å². The molecule has 2 amide bonds. The van der Waals surface area contributed by atoms with Gasteiger partial charge >= 0.3 is 6.18 Å². The second-order valence-electron chi connectivity index (χ2n) is 5.56. The third-order valence-corrected chi connectivity index (χ3v) is 4.10. The van der Waals surface area contributed by atoms with Gasteiger partial charge in [-0.2, -0.15) is 13.2 Å². The average molecular weight is 364 g/mol. The number of benzene rings is 1. The number of hydrogen-bond donors (Lipinski definition) is 2. The molecule has 2 rings (SSSR count). The van der Waals surface area contributed by atoms with E-state index in [1.54, 1.807) is 6.92 Å². The van der Waals surface area contributed by atoms with Crippen molar-refractivity contribution in [2.75, 3.05) is 13.1 Å². The number of amides is 2. The van der Waals surface area contributed by atoms with E-state index < -0.39 is 29.7 Å². The largest absolute Gasteiger partial charge is 0.416 e. The Morgan fingerprint density at radius 2 is 2.08 bits per heavy atom. The Hall–Kier alpha value is -1.80. The van der Waals surface area contributed by atoms with Crippen molar-refractivity contribution in [1.29, 1.82) is 0 Å². The molecule has 1 aliphatic rings. The first kappa shape index (κ1) is 18.5. The van der Waals surface area contributed by atoms with Crippen molar-refractivity contribution < 1.29 is 22.8 Å². The fourth-order valence-corrected chi connectivity index (χ4v) is 2.85. The van der Waals surface area contributed by atoms with Gasteiger partial charge in [-0.25, -0.2) is 0 Å². The highest BCUT2D eigenvalue weighted by molar-refractivity contribution is 6.33. The zero-order valence-electron chi connectivity index (χ0n) is 12.9. The summed E-state index contributed by atoms with van der Waals surface area (Å²) in [5.41, 5.74) is 4.54. The lowest BCUT2D eigenvalue weighted by Gasteiger charge is -2.24. The number of alkyl halides is 3. The van der Waals surface area contributed by atoms with Crippen molar-refractivity contribution in [1.82, 2.24) is 10.2 Å². The summed E-state index contributed by atoms with van der Waals surface area (Å²) < 4.78 is 38.6. The van der Waals surface area contributed by atoms with E-state index in [9.17, 15) is 22.8 Å². The van der Waals surface area contributed by atoms with Gasteiger partial charge in [0.25, 0.3) is 5.91 Å². The maximum absolute atomic E-state index is 12.9. The first-order valence-corrected chi connectivity index (χ1v) is 7.74. The molecule has 1 heterocycles. The maximum atomic E-state index is 12.9. The summed E-state index contributed by atoms with van der Waals surface area (Å²) in [5, 5.41) is 2.49. The smallest absolute Gasteiger partial charge is 0.355 e. The Labute approximate surface area is 141 Å². The van der Waals surface area contributed by atoms with Crippen LogP contribution in [0, 0.1) is 0 Å². The first-order chi connectivity index (χ1) is 11.1. The topological polar surface area (TPSA) is 75.4 Å². The number of hydrogen-bond acceptors (Lipinski definition) is 3. The molecule has 24 heavy (non-hydrogen) atoms. The van der Waals surface area contributed by atoms with Crippen LogP contribution in [-0.2, 0) is 11.0 Å². The van der Waals surface area contributed by atoms with Crippen LogP contribution in [0.3, 0.4) is 0 Å². The van der Waals surface area contributed by atoms with Gasteiger partial charge in [0.15, 0.2) is 0 Å². The molecule has 0 bridgehead atoms. The molecule has 2 atom stereocenters. The molecule has 3 N–H and O–H groups in total. The van der Waals surface area contributed by atoms with Gasteiger partial charge in [0, 0.05) is 19.1 Å². The standard InChI is InChI=1S/C15H17ClF3N3O2/c1-2-21-13(23)12-6-9(20)7-22(12)14(24)10-5-8(15(17,18)19)3-4-11(10)16/h3-5,9,12H,2,6-7,20H2,1H3,(H,21,23)/t9-,12-/m0/s1. The molecule has 0 saturated carbocycles. The fraction of sp³-hybridized carbons (Fsp3) is 0.467. The van der Waals surface area contributed by atoms with Crippen LogP contribution in [0.15, 0.2) is 18.2 Å². The van der Waals surface area contributed by atoms with Gasteiger partial charge in [-0.3, -0.25) is 9.59 Å². The second-order valence-corrected chi connectivity index (χ2v) is 5.96. The molecule has 1 fully saturated rings. The molecule has 1 aromatic carbocycles. The number of likely N-dealkylation sites (N-methyl/N-ethyl adjacent to an activating group) is 1. The lowest BCUT2D eigenvalue weighted by molar-refractivity contribution is -0.137. The number of nitrogens with one attached hydrogen (secondary N) is 1. The second kappa shape index (κ2) is 6.98. The first-order valence-electron chi connectivity index (χ1n) is 7.36. The molecule has 9 heteroatoms. The summed E-state index contributed by atoms with van der Waals surface area (Å²) >= 11 is 5.90. The number of carbonyl (C=O) groups excluding carboxylic acids is 2. The Kier molecular flexibility index (Phi) is 5.39. The van der Waals surface area contributed by atoms with Gasteiger partial charge in [0.2, 0.25) is 5.91 Å². The summed E-state index contributed by atoms with van der Waals surface area (Å²) in [6, 6.07) is 1.28. The van der Waals surface area contributed by atoms with E-state index in [1.165, 1.54) is 4.90 Å². The van der Waals surface area contributed by atoms with Gasteiger partial charge in [-0.1, -0.05) is 11.6 Å². The Morgan fingerprint density at radius 3 is 2.67 bits per heavy atom. The van der Waals surface area contributed by atoms with E-state index in [0.29, 0.717) is 12.6 Å². The van der Waals surface area contributed by atoms with E-state index in [-0.39, 0.29) is 29.5 Å².